The topological polar surface area (TPSA) is 93.8 Å². The Bertz CT molecular complexity index is 1090. The molecular formula is C30H43F2N5O3. The maximum Gasteiger partial charge on any atom is 0.273 e. The summed E-state index contributed by atoms with van der Waals surface area (Å²) in [5.74, 6) is -3.66. The van der Waals surface area contributed by atoms with Crippen LogP contribution < -0.4 is 16.0 Å². The number of carbonyl (C=O) groups excluding carboxylic acids is 3. The van der Waals surface area contributed by atoms with E-state index in [4.69, 9.17) is 0 Å². The minimum atomic E-state index is -2.93. The third-order valence-electron chi connectivity index (χ3n) is 9.58. The van der Waals surface area contributed by atoms with Crippen molar-refractivity contribution in [2.24, 2.45) is 5.92 Å². The summed E-state index contributed by atoms with van der Waals surface area (Å²) in [5, 5.41) is 9.03. The summed E-state index contributed by atoms with van der Waals surface area (Å²) >= 11 is 0. The van der Waals surface area contributed by atoms with Crippen molar-refractivity contribution in [2.75, 3.05) is 26.7 Å². The summed E-state index contributed by atoms with van der Waals surface area (Å²) < 4.78 is 29.2. The third-order valence-corrected chi connectivity index (χ3v) is 9.58. The van der Waals surface area contributed by atoms with Gasteiger partial charge in [0.05, 0.1) is 12.1 Å². The van der Waals surface area contributed by atoms with Crippen LogP contribution in [0.2, 0.25) is 0 Å². The second-order valence-corrected chi connectivity index (χ2v) is 12.1. The lowest BCUT2D eigenvalue weighted by atomic mass is 9.82. The van der Waals surface area contributed by atoms with Crippen LogP contribution in [-0.2, 0) is 20.3 Å². The van der Waals surface area contributed by atoms with Crippen LogP contribution >= 0.6 is 0 Å². The number of nitrogens with zero attached hydrogens (tertiary/aromatic N) is 2. The van der Waals surface area contributed by atoms with Crippen molar-refractivity contribution in [3.8, 4) is 0 Å². The number of amides is 3. The van der Waals surface area contributed by atoms with Crippen molar-refractivity contribution in [2.45, 2.75) is 101 Å². The molecule has 1 saturated carbocycles. The second-order valence-electron chi connectivity index (χ2n) is 12.1. The number of rotatable bonds is 7. The van der Waals surface area contributed by atoms with E-state index in [0.29, 0.717) is 18.7 Å². The molecule has 8 nitrogen and oxygen atoms in total. The van der Waals surface area contributed by atoms with Crippen molar-refractivity contribution in [3.63, 3.8) is 0 Å². The molecule has 2 saturated heterocycles. The number of fused-ring (bicyclic) bond motifs is 2. The van der Waals surface area contributed by atoms with Crippen molar-refractivity contribution < 1.29 is 23.2 Å². The molecule has 1 aromatic rings. The van der Waals surface area contributed by atoms with Crippen LogP contribution in [0.1, 0.15) is 81.9 Å². The summed E-state index contributed by atoms with van der Waals surface area (Å²) in [6.07, 6.45) is 6.62. The number of halogens is 2. The molecule has 4 aliphatic rings. The van der Waals surface area contributed by atoms with E-state index in [0.717, 1.165) is 51.5 Å². The van der Waals surface area contributed by atoms with Crippen molar-refractivity contribution in [3.05, 3.63) is 35.4 Å². The van der Waals surface area contributed by atoms with Crippen LogP contribution in [0.4, 0.5) is 8.78 Å². The fraction of sp³-hybridized carbons (Fsp3) is 0.700. The second kappa shape index (κ2) is 12.1. The highest BCUT2D eigenvalue weighted by molar-refractivity contribution is 5.93. The summed E-state index contributed by atoms with van der Waals surface area (Å²) in [4.78, 5) is 45.1. The lowest BCUT2D eigenvalue weighted by Crippen LogP contribution is -2.66. The summed E-state index contributed by atoms with van der Waals surface area (Å²) in [6, 6.07) is 4.15. The molecule has 0 bridgehead atoms. The summed E-state index contributed by atoms with van der Waals surface area (Å²) in [5.41, 5.74) is 0.398. The molecule has 1 aromatic carbocycles. The average molecular weight is 560 g/mol. The molecule has 10 heteroatoms. The molecule has 5 atom stereocenters. The van der Waals surface area contributed by atoms with Gasteiger partial charge in [0.1, 0.15) is 12.1 Å². The number of hydrogen-bond acceptors (Lipinski definition) is 5. The zero-order valence-electron chi connectivity index (χ0n) is 23.6. The average Bonchev–Trinajstić information content (AvgIpc) is 3.44. The van der Waals surface area contributed by atoms with Gasteiger partial charge in [-0.2, -0.15) is 0 Å². The number of nitrogens with one attached hydrogen (secondary N) is 3. The van der Waals surface area contributed by atoms with E-state index in [2.05, 4.69) is 20.9 Å². The van der Waals surface area contributed by atoms with Gasteiger partial charge in [0.25, 0.3) is 5.92 Å². The Balaban J connectivity index is 1.40. The molecule has 0 radical (unpaired) electrons. The first-order chi connectivity index (χ1) is 19.2. The molecule has 5 rings (SSSR count). The molecule has 40 heavy (non-hydrogen) atoms. The lowest BCUT2D eigenvalue weighted by Gasteiger charge is -2.45. The number of carbonyl (C=O) groups is 3. The van der Waals surface area contributed by atoms with Gasteiger partial charge in [-0.05, 0) is 64.1 Å². The molecule has 0 spiro atoms. The van der Waals surface area contributed by atoms with E-state index < -0.39 is 30.1 Å². The molecular weight excluding hydrogens is 516 g/mol. The van der Waals surface area contributed by atoms with E-state index in [9.17, 15) is 23.2 Å². The van der Waals surface area contributed by atoms with Crippen LogP contribution in [-0.4, -0.2) is 78.4 Å². The molecule has 0 unspecified atom stereocenters. The van der Waals surface area contributed by atoms with Gasteiger partial charge in [0, 0.05) is 31.1 Å². The van der Waals surface area contributed by atoms with Crippen LogP contribution in [0, 0.1) is 5.92 Å². The van der Waals surface area contributed by atoms with Gasteiger partial charge >= 0.3 is 0 Å². The van der Waals surface area contributed by atoms with Gasteiger partial charge in [-0.1, -0.05) is 43.5 Å². The van der Waals surface area contributed by atoms with E-state index in [1.54, 1.807) is 37.1 Å². The van der Waals surface area contributed by atoms with Gasteiger partial charge < -0.3 is 20.9 Å². The SMILES string of the molecule is CN[C@@H](C)C(=O)N[C@H](C(=O)N1C[C@H]2CCCN2C[C@H]1C(=O)N[C@@H]1CCC(F)(F)c2ccccc21)C1CCCCC1. The first-order valence-corrected chi connectivity index (χ1v) is 15.0. The molecule has 2 heterocycles. The standard InChI is InChI=1S/C30H43F2N5O3/c1-19(33-2)27(38)35-26(20-9-4-3-5-10-20)29(40)37-17-21-11-8-16-36(21)18-25(37)28(39)34-24-14-15-30(31,32)23-13-7-6-12-22(23)24/h6-7,12-13,19-21,24-26,33H,3-5,8-11,14-18H2,1-2H3,(H,34,39)(H,35,38)/t19-,21+,24+,25-,26-/m0/s1. The molecule has 3 amide bonds. The molecule has 0 aromatic heterocycles. The fourth-order valence-corrected chi connectivity index (χ4v) is 7.09. The highest BCUT2D eigenvalue weighted by Crippen LogP contribution is 2.44. The Labute approximate surface area is 235 Å². The monoisotopic (exact) mass is 559 g/mol. The zero-order valence-corrected chi connectivity index (χ0v) is 23.6. The molecule has 2 aliphatic carbocycles. The van der Waals surface area contributed by atoms with Crippen LogP contribution in [0.25, 0.3) is 0 Å². The zero-order chi connectivity index (χ0) is 28.4. The Hall–Kier alpha value is -2.59. The van der Waals surface area contributed by atoms with Gasteiger partial charge in [-0.25, -0.2) is 8.78 Å². The van der Waals surface area contributed by atoms with Crippen molar-refractivity contribution in [1.82, 2.24) is 25.8 Å². The van der Waals surface area contributed by atoms with E-state index in [1.807, 2.05) is 0 Å². The predicted molar refractivity (Wildman–Crippen MR) is 148 cm³/mol. The molecule has 3 N–H and O–H groups in total. The van der Waals surface area contributed by atoms with Crippen LogP contribution in [0.3, 0.4) is 0 Å². The fourth-order valence-electron chi connectivity index (χ4n) is 7.09. The Morgan fingerprint density at radius 1 is 1.00 bits per heavy atom. The number of alkyl halides is 2. The highest BCUT2D eigenvalue weighted by atomic mass is 19.3. The molecule has 3 fully saturated rings. The summed E-state index contributed by atoms with van der Waals surface area (Å²) in [7, 11) is 1.71. The molecule has 220 valence electrons. The van der Waals surface area contributed by atoms with E-state index >= 15 is 0 Å². The largest absolute Gasteiger partial charge is 0.347 e. The highest BCUT2D eigenvalue weighted by Gasteiger charge is 2.47. The normalized spacial score (nSPS) is 28.2. The van der Waals surface area contributed by atoms with Crippen molar-refractivity contribution >= 4 is 17.7 Å². The van der Waals surface area contributed by atoms with E-state index in [1.165, 1.54) is 6.07 Å². The molecule has 2 aliphatic heterocycles. The quantitative estimate of drug-likeness (QED) is 0.478. The Morgan fingerprint density at radius 2 is 1.75 bits per heavy atom. The lowest BCUT2D eigenvalue weighted by molar-refractivity contribution is -0.149. The third kappa shape index (κ3) is 5.88. The van der Waals surface area contributed by atoms with Gasteiger partial charge in [0.15, 0.2) is 0 Å². The van der Waals surface area contributed by atoms with Gasteiger partial charge in [-0.3, -0.25) is 19.3 Å². The number of piperazine rings is 1. The van der Waals surface area contributed by atoms with E-state index in [-0.39, 0.29) is 48.1 Å². The maximum atomic E-state index is 14.6. The van der Waals surface area contributed by atoms with Crippen LogP contribution in [0.5, 0.6) is 0 Å². The first kappa shape index (κ1) is 28.9. The summed E-state index contributed by atoms with van der Waals surface area (Å²) in [6.45, 7) is 3.47. The van der Waals surface area contributed by atoms with Gasteiger partial charge in [0.2, 0.25) is 17.7 Å². The Kier molecular flexibility index (Phi) is 8.75. The number of hydrogen-bond donors (Lipinski definition) is 3. The Morgan fingerprint density at radius 3 is 2.50 bits per heavy atom. The minimum absolute atomic E-state index is 0.0204. The van der Waals surface area contributed by atoms with Crippen LogP contribution in [0.15, 0.2) is 24.3 Å². The number of benzene rings is 1. The minimum Gasteiger partial charge on any atom is -0.347 e. The maximum absolute atomic E-state index is 14.6. The number of likely N-dealkylation sites (N-methyl/N-ethyl adjacent to an activating group) is 1. The smallest absolute Gasteiger partial charge is 0.273 e. The predicted octanol–water partition coefficient (Wildman–Crippen LogP) is 3.08. The van der Waals surface area contributed by atoms with Gasteiger partial charge in [-0.15, -0.1) is 0 Å². The van der Waals surface area contributed by atoms with Crippen molar-refractivity contribution in [1.29, 1.82) is 0 Å². The first-order valence-electron chi connectivity index (χ1n) is 15.0.